The highest BCUT2D eigenvalue weighted by Gasteiger charge is 2.22. The maximum absolute atomic E-state index is 12.9. The fourth-order valence-electron chi connectivity index (χ4n) is 4.36. The van der Waals surface area contributed by atoms with Gasteiger partial charge < -0.3 is 20.3 Å². The molecule has 1 saturated carbocycles. The Balaban J connectivity index is 1.37. The third-order valence-corrected chi connectivity index (χ3v) is 8.57. The number of rotatable bonds is 8. The molecule has 0 radical (unpaired) electrons. The lowest BCUT2D eigenvalue weighted by Crippen LogP contribution is -2.29. The first-order chi connectivity index (χ1) is 18.2. The number of benzene rings is 2. The zero-order valence-corrected chi connectivity index (χ0v) is 22.9. The summed E-state index contributed by atoms with van der Waals surface area (Å²) >= 11 is 11.9. The molecule has 0 bridgehead atoms. The highest BCUT2D eigenvalue weighted by Crippen LogP contribution is 2.29. The molecule has 0 atom stereocenters. The molecule has 2 aromatic carbocycles. The molecule has 4 aromatic rings. The number of hydrogen-bond donors (Lipinski definition) is 4. The van der Waals surface area contributed by atoms with E-state index in [9.17, 15) is 13.5 Å². The fraction of sp³-hybridized carbons (Fsp3) is 0.320. The number of hydrogen-bond acceptors (Lipinski definition) is 8. The van der Waals surface area contributed by atoms with Gasteiger partial charge in [-0.25, -0.2) is 13.4 Å². The first-order valence-electron chi connectivity index (χ1n) is 12.2. The molecule has 0 aliphatic heterocycles. The molecular formula is C25H27Cl2N7O3S. The summed E-state index contributed by atoms with van der Waals surface area (Å²) in [5, 5.41) is 17.1. The molecule has 0 saturated heterocycles. The van der Waals surface area contributed by atoms with E-state index in [0.29, 0.717) is 45.9 Å². The number of anilines is 4. The Labute approximate surface area is 230 Å². The van der Waals surface area contributed by atoms with E-state index in [2.05, 4.69) is 30.3 Å². The molecule has 2 heterocycles. The molecule has 4 N–H and O–H groups in total. The molecule has 13 heteroatoms. The minimum Gasteiger partial charge on any atom is -0.393 e. The van der Waals surface area contributed by atoms with Crippen molar-refractivity contribution in [3.63, 3.8) is 0 Å². The highest BCUT2D eigenvalue weighted by molar-refractivity contribution is 7.92. The van der Waals surface area contributed by atoms with Gasteiger partial charge in [-0.3, -0.25) is 4.72 Å². The molecule has 5 rings (SSSR count). The van der Waals surface area contributed by atoms with Crippen LogP contribution < -0.4 is 15.4 Å². The topological polar surface area (TPSA) is 134 Å². The van der Waals surface area contributed by atoms with Crippen LogP contribution in [0.4, 0.5) is 23.1 Å². The lowest BCUT2D eigenvalue weighted by molar-refractivity contribution is 0.126. The molecule has 2 aromatic heterocycles. The summed E-state index contributed by atoms with van der Waals surface area (Å²) in [7, 11) is -3.84. The third kappa shape index (κ3) is 5.80. The summed E-state index contributed by atoms with van der Waals surface area (Å²) in [6.07, 6.45) is 4.63. The second kappa shape index (κ2) is 10.9. The van der Waals surface area contributed by atoms with Crippen molar-refractivity contribution in [3.05, 3.63) is 58.8 Å². The minimum atomic E-state index is -3.84. The molecule has 1 aliphatic rings. The van der Waals surface area contributed by atoms with E-state index < -0.39 is 10.0 Å². The van der Waals surface area contributed by atoms with Crippen LogP contribution in [0.15, 0.2) is 53.7 Å². The van der Waals surface area contributed by atoms with Gasteiger partial charge >= 0.3 is 0 Å². The Morgan fingerprint density at radius 1 is 1.00 bits per heavy atom. The Kier molecular flexibility index (Phi) is 7.62. The standard InChI is InChI=1S/C25H27Cl2N7O3S/c1-2-34-14-28-22-23(31-25(32-24(22)34)30-16-3-8-18(35)9-4-16)29-15-5-10-19(11-6-15)38(36,37)33-17-7-12-20(26)21(27)13-17/h5-7,10-14,16,18,33,35H,2-4,8-9H2,1H3,(H2,29,30,31,32)/t16-,18-. The van der Waals surface area contributed by atoms with E-state index in [1.54, 1.807) is 24.5 Å². The van der Waals surface area contributed by atoms with Gasteiger partial charge in [0.15, 0.2) is 17.0 Å². The number of imidazole rings is 1. The van der Waals surface area contributed by atoms with Gasteiger partial charge in [-0.15, -0.1) is 0 Å². The second-order valence-corrected chi connectivity index (χ2v) is 11.6. The van der Waals surface area contributed by atoms with Crippen LogP contribution in [-0.2, 0) is 16.6 Å². The maximum atomic E-state index is 12.9. The van der Waals surface area contributed by atoms with Gasteiger partial charge in [0.25, 0.3) is 10.0 Å². The molecular weight excluding hydrogens is 549 g/mol. The number of aryl methyl sites for hydroxylation is 1. The summed E-state index contributed by atoms with van der Waals surface area (Å²) in [5.41, 5.74) is 2.24. The highest BCUT2D eigenvalue weighted by atomic mass is 35.5. The van der Waals surface area contributed by atoms with Crippen LogP contribution in [0.2, 0.25) is 10.0 Å². The number of aliphatic hydroxyl groups excluding tert-OH is 1. The van der Waals surface area contributed by atoms with E-state index in [1.165, 1.54) is 24.3 Å². The zero-order chi connectivity index (χ0) is 26.9. The average Bonchev–Trinajstić information content (AvgIpc) is 3.31. The van der Waals surface area contributed by atoms with Gasteiger partial charge in [0.2, 0.25) is 5.95 Å². The number of fused-ring (bicyclic) bond motifs is 1. The van der Waals surface area contributed by atoms with Gasteiger partial charge in [0.05, 0.1) is 33.1 Å². The molecule has 0 amide bonds. The fourth-order valence-corrected chi connectivity index (χ4v) is 5.71. The van der Waals surface area contributed by atoms with Crippen LogP contribution >= 0.6 is 23.2 Å². The van der Waals surface area contributed by atoms with Crippen molar-refractivity contribution in [2.24, 2.45) is 0 Å². The first kappa shape index (κ1) is 26.5. The Bertz CT molecular complexity index is 1550. The van der Waals surface area contributed by atoms with Crippen molar-refractivity contribution in [1.29, 1.82) is 0 Å². The van der Waals surface area contributed by atoms with Gasteiger partial charge in [-0.05, 0) is 75.1 Å². The van der Waals surface area contributed by atoms with Gasteiger partial charge in [0, 0.05) is 18.3 Å². The predicted molar refractivity (Wildman–Crippen MR) is 150 cm³/mol. The van der Waals surface area contributed by atoms with Crippen molar-refractivity contribution in [2.45, 2.75) is 56.2 Å². The average molecular weight is 577 g/mol. The van der Waals surface area contributed by atoms with Crippen molar-refractivity contribution < 1.29 is 13.5 Å². The lowest BCUT2D eigenvalue weighted by Gasteiger charge is -2.26. The third-order valence-electron chi connectivity index (χ3n) is 6.43. The Hall–Kier alpha value is -3.12. The predicted octanol–water partition coefficient (Wildman–Crippen LogP) is 5.41. The van der Waals surface area contributed by atoms with Crippen molar-refractivity contribution in [1.82, 2.24) is 19.5 Å². The van der Waals surface area contributed by atoms with E-state index in [-0.39, 0.29) is 22.1 Å². The number of nitrogens with zero attached hydrogens (tertiary/aromatic N) is 4. The zero-order valence-electron chi connectivity index (χ0n) is 20.5. The first-order valence-corrected chi connectivity index (χ1v) is 14.5. The number of aliphatic hydroxyl groups is 1. The molecule has 0 unspecified atom stereocenters. The van der Waals surface area contributed by atoms with Gasteiger partial charge in [-0.2, -0.15) is 9.97 Å². The van der Waals surface area contributed by atoms with Crippen LogP contribution in [0.5, 0.6) is 0 Å². The summed E-state index contributed by atoms with van der Waals surface area (Å²) in [6.45, 7) is 2.71. The maximum Gasteiger partial charge on any atom is 0.261 e. The van der Waals surface area contributed by atoms with E-state index >= 15 is 0 Å². The lowest BCUT2D eigenvalue weighted by atomic mass is 9.93. The van der Waals surface area contributed by atoms with Crippen molar-refractivity contribution in [3.8, 4) is 0 Å². The van der Waals surface area contributed by atoms with Gasteiger partial charge in [0.1, 0.15) is 0 Å². The molecule has 38 heavy (non-hydrogen) atoms. The molecule has 1 aliphatic carbocycles. The SMILES string of the molecule is CCn1cnc2c(Nc3ccc(S(=O)(=O)Nc4ccc(Cl)c(Cl)c4)cc3)nc(N[C@H]3CC[C@H](O)CC3)nc21. The van der Waals surface area contributed by atoms with Crippen LogP contribution in [0.3, 0.4) is 0 Å². The second-order valence-electron chi connectivity index (χ2n) is 9.13. The number of halogens is 2. The van der Waals surface area contributed by atoms with E-state index in [4.69, 9.17) is 23.2 Å². The molecule has 1 fully saturated rings. The number of sulfonamides is 1. The monoisotopic (exact) mass is 575 g/mol. The summed E-state index contributed by atoms with van der Waals surface area (Å²) in [4.78, 5) is 13.9. The normalized spacial score (nSPS) is 17.9. The summed E-state index contributed by atoms with van der Waals surface area (Å²) in [6, 6.07) is 11.0. The van der Waals surface area contributed by atoms with Crippen LogP contribution in [0.1, 0.15) is 32.6 Å². The van der Waals surface area contributed by atoms with E-state index in [1.807, 2.05) is 11.5 Å². The Morgan fingerprint density at radius 3 is 2.39 bits per heavy atom. The largest absolute Gasteiger partial charge is 0.393 e. The number of nitrogens with one attached hydrogen (secondary N) is 3. The van der Waals surface area contributed by atoms with Crippen molar-refractivity contribution in [2.75, 3.05) is 15.4 Å². The Morgan fingerprint density at radius 2 is 1.71 bits per heavy atom. The summed E-state index contributed by atoms with van der Waals surface area (Å²) < 4.78 is 30.2. The number of aromatic nitrogens is 4. The van der Waals surface area contributed by atoms with Crippen LogP contribution in [0, 0.1) is 0 Å². The van der Waals surface area contributed by atoms with Crippen molar-refractivity contribution >= 4 is 67.5 Å². The molecule has 200 valence electrons. The van der Waals surface area contributed by atoms with E-state index in [0.717, 1.165) is 25.7 Å². The molecule has 0 spiro atoms. The summed E-state index contributed by atoms with van der Waals surface area (Å²) in [5.74, 6) is 0.978. The van der Waals surface area contributed by atoms with Gasteiger partial charge in [-0.1, -0.05) is 23.2 Å². The van der Waals surface area contributed by atoms with Crippen LogP contribution in [-0.4, -0.2) is 45.2 Å². The quantitative estimate of drug-likeness (QED) is 0.219. The smallest absolute Gasteiger partial charge is 0.261 e. The van der Waals surface area contributed by atoms with Crippen LogP contribution in [0.25, 0.3) is 11.2 Å². The molecule has 10 nitrogen and oxygen atoms in total. The minimum absolute atomic E-state index is 0.0825.